The summed E-state index contributed by atoms with van der Waals surface area (Å²) in [5, 5.41) is 2.64. The summed E-state index contributed by atoms with van der Waals surface area (Å²) in [6.07, 6.45) is 0. The monoisotopic (exact) mass is 859 g/mol. The summed E-state index contributed by atoms with van der Waals surface area (Å²) < 4.78 is 2.66. The maximum Gasteiger partial charge on any atom is 0.0713 e. The minimum absolute atomic E-state index is 0.188. The van der Waals surface area contributed by atoms with Gasteiger partial charge in [-0.05, 0) is 120 Å². The average molecular weight is 860 g/mol. The van der Waals surface area contributed by atoms with Crippen molar-refractivity contribution in [1.29, 1.82) is 0 Å². The Morgan fingerprint density at radius 2 is 0.879 bits per heavy atom. The van der Waals surface area contributed by atoms with Crippen molar-refractivity contribution < 1.29 is 0 Å². The van der Waals surface area contributed by atoms with Gasteiger partial charge in [-0.3, -0.25) is 0 Å². The van der Waals surface area contributed by atoms with Crippen LogP contribution >= 0.6 is 11.3 Å². The molecule has 312 valence electrons. The smallest absolute Gasteiger partial charge is 0.0713 e. The van der Waals surface area contributed by atoms with Crippen molar-refractivity contribution in [2.75, 3.05) is 4.90 Å². The second-order valence-electron chi connectivity index (χ2n) is 18.4. The van der Waals surface area contributed by atoms with Gasteiger partial charge in [0, 0.05) is 37.0 Å². The van der Waals surface area contributed by atoms with Gasteiger partial charge in [0.25, 0.3) is 0 Å². The summed E-state index contributed by atoms with van der Waals surface area (Å²) in [6, 6.07) is 88.0. The van der Waals surface area contributed by atoms with Gasteiger partial charge in [-0.15, -0.1) is 11.3 Å². The lowest BCUT2D eigenvalue weighted by molar-refractivity contribution is 0.661. The number of fused-ring (bicyclic) bond motifs is 9. The fourth-order valence-corrected chi connectivity index (χ4v) is 12.9. The van der Waals surface area contributed by atoms with Crippen molar-refractivity contribution in [2.24, 2.45) is 0 Å². The van der Waals surface area contributed by atoms with E-state index in [0.717, 1.165) is 11.4 Å². The van der Waals surface area contributed by atoms with E-state index in [1.54, 1.807) is 0 Å². The van der Waals surface area contributed by atoms with Crippen LogP contribution in [0.2, 0.25) is 0 Å². The molecule has 0 unspecified atom stereocenters. The van der Waals surface area contributed by atoms with Crippen LogP contribution in [0.15, 0.2) is 237 Å². The maximum atomic E-state index is 2.48. The number of hydrogen-bond donors (Lipinski definition) is 0. The third kappa shape index (κ3) is 5.65. The molecule has 0 radical (unpaired) electrons. The van der Waals surface area contributed by atoms with E-state index in [9.17, 15) is 0 Å². The molecule has 2 heteroatoms. The fourth-order valence-electron chi connectivity index (χ4n) is 11.6. The first kappa shape index (κ1) is 38.7. The van der Waals surface area contributed by atoms with E-state index >= 15 is 0 Å². The lowest BCUT2D eigenvalue weighted by Crippen LogP contribution is -2.28. The van der Waals surface area contributed by atoms with Crippen LogP contribution in [0.5, 0.6) is 0 Å². The minimum atomic E-state index is -0.416. The van der Waals surface area contributed by atoms with Crippen LogP contribution in [0.1, 0.15) is 47.2 Å². The van der Waals surface area contributed by atoms with E-state index in [0.29, 0.717) is 0 Å². The van der Waals surface area contributed by atoms with Crippen LogP contribution in [0.4, 0.5) is 17.1 Å². The maximum absolute atomic E-state index is 2.48. The Kier molecular flexibility index (Phi) is 8.72. The summed E-state index contributed by atoms with van der Waals surface area (Å²) in [6.45, 7) is 4.76. The van der Waals surface area contributed by atoms with E-state index in [4.69, 9.17) is 0 Å². The van der Waals surface area contributed by atoms with Gasteiger partial charge in [-0.1, -0.05) is 208 Å². The normalized spacial score (nSPS) is 13.8. The summed E-state index contributed by atoms with van der Waals surface area (Å²) >= 11 is 1.88. The standard InChI is InChI=1S/C64H45NS/c1-63(2)56-27-12-9-21-50(56)53-25-16-29-59(61(53)63)65(48-38-33-43(34-39-48)49-24-15-26-54-52-23-11-14-30-60(52)66-62(49)54)47-36-31-42(32-37-47)44-35-40-58-55(41-44)51-22-10-13-28-57(51)64(58,45-17-5-3-6-18-45)46-19-7-4-8-20-46/h3-41H,1-2H3. The van der Waals surface area contributed by atoms with E-state index in [1.165, 1.54) is 104 Å². The van der Waals surface area contributed by atoms with Gasteiger partial charge in [0.2, 0.25) is 0 Å². The number of hydrogen-bond acceptors (Lipinski definition) is 2. The molecule has 1 heterocycles. The van der Waals surface area contributed by atoms with Crippen molar-refractivity contribution in [1.82, 2.24) is 0 Å². The lowest BCUT2D eigenvalue weighted by Gasteiger charge is -2.33. The summed E-state index contributed by atoms with van der Waals surface area (Å²) in [5.74, 6) is 0. The zero-order valence-electron chi connectivity index (χ0n) is 36.9. The Bertz CT molecular complexity index is 3620. The van der Waals surface area contributed by atoms with Crippen molar-refractivity contribution in [3.05, 3.63) is 270 Å². The minimum Gasteiger partial charge on any atom is -0.310 e. The van der Waals surface area contributed by atoms with Crippen molar-refractivity contribution >= 4 is 48.6 Å². The van der Waals surface area contributed by atoms with Crippen LogP contribution in [0.25, 0.3) is 64.7 Å². The molecule has 0 fully saturated rings. The molecule has 2 aliphatic rings. The highest BCUT2D eigenvalue weighted by Crippen LogP contribution is 2.57. The van der Waals surface area contributed by atoms with Gasteiger partial charge in [0.15, 0.2) is 0 Å². The zero-order chi connectivity index (χ0) is 44.0. The molecule has 1 nitrogen and oxygen atoms in total. The number of anilines is 3. The second kappa shape index (κ2) is 14.9. The van der Waals surface area contributed by atoms with Crippen LogP contribution < -0.4 is 4.90 Å². The molecule has 13 rings (SSSR count). The molecule has 66 heavy (non-hydrogen) atoms. The van der Waals surface area contributed by atoms with Crippen LogP contribution in [0.3, 0.4) is 0 Å². The highest BCUT2D eigenvalue weighted by Gasteiger charge is 2.46. The second-order valence-corrected chi connectivity index (χ2v) is 19.4. The third-order valence-electron chi connectivity index (χ3n) is 14.6. The molecule has 0 aliphatic heterocycles. The first-order chi connectivity index (χ1) is 32.5. The molecule has 1 aromatic heterocycles. The van der Waals surface area contributed by atoms with Gasteiger partial charge < -0.3 is 4.90 Å². The van der Waals surface area contributed by atoms with Gasteiger partial charge in [-0.2, -0.15) is 0 Å². The van der Waals surface area contributed by atoms with Crippen LogP contribution in [-0.2, 0) is 10.8 Å². The summed E-state index contributed by atoms with van der Waals surface area (Å²) in [4.78, 5) is 2.48. The Labute approximate surface area is 390 Å². The highest BCUT2D eigenvalue weighted by molar-refractivity contribution is 7.26. The van der Waals surface area contributed by atoms with Crippen LogP contribution in [0, 0.1) is 0 Å². The van der Waals surface area contributed by atoms with Gasteiger partial charge in [-0.25, -0.2) is 0 Å². The molecule has 0 N–H and O–H groups in total. The molecule has 2 aliphatic carbocycles. The average Bonchev–Trinajstić information content (AvgIpc) is 3.99. The molecule has 11 aromatic rings. The Morgan fingerprint density at radius 3 is 1.59 bits per heavy atom. The number of rotatable bonds is 7. The predicted molar refractivity (Wildman–Crippen MR) is 280 cm³/mol. The largest absolute Gasteiger partial charge is 0.310 e. The molecule has 0 saturated heterocycles. The first-order valence-corrected chi connectivity index (χ1v) is 23.8. The Hall–Kier alpha value is -7.78. The number of benzene rings is 10. The Morgan fingerprint density at radius 1 is 0.364 bits per heavy atom. The molecule has 0 amide bonds. The molecule has 10 aromatic carbocycles. The number of nitrogens with zero attached hydrogens (tertiary/aromatic N) is 1. The summed E-state index contributed by atoms with van der Waals surface area (Å²) in [5.41, 5.74) is 20.9. The lowest BCUT2D eigenvalue weighted by atomic mass is 9.67. The molecule has 0 atom stereocenters. The Balaban J connectivity index is 0.938. The quantitative estimate of drug-likeness (QED) is 0.154. The summed E-state index contributed by atoms with van der Waals surface area (Å²) in [7, 11) is 0. The number of thiophene rings is 1. The van der Waals surface area contributed by atoms with E-state index < -0.39 is 5.41 Å². The highest BCUT2D eigenvalue weighted by atomic mass is 32.1. The molecule has 0 saturated carbocycles. The van der Waals surface area contributed by atoms with Gasteiger partial charge in [0.05, 0.1) is 11.1 Å². The van der Waals surface area contributed by atoms with E-state index in [-0.39, 0.29) is 5.41 Å². The molecular formula is C64H45NS. The van der Waals surface area contributed by atoms with Crippen LogP contribution in [-0.4, -0.2) is 0 Å². The zero-order valence-corrected chi connectivity index (χ0v) is 37.7. The third-order valence-corrected chi connectivity index (χ3v) is 15.8. The van der Waals surface area contributed by atoms with E-state index in [2.05, 4.69) is 255 Å². The first-order valence-electron chi connectivity index (χ1n) is 23.0. The van der Waals surface area contributed by atoms with Crippen molar-refractivity contribution in [3.8, 4) is 44.5 Å². The van der Waals surface area contributed by atoms with Gasteiger partial charge >= 0.3 is 0 Å². The van der Waals surface area contributed by atoms with Gasteiger partial charge in [0.1, 0.15) is 0 Å². The topological polar surface area (TPSA) is 3.24 Å². The molecular weight excluding hydrogens is 815 g/mol. The fraction of sp³-hybridized carbons (Fsp3) is 0.0625. The predicted octanol–water partition coefficient (Wildman–Crippen LogP) is 17.5. The molecule has 0 bridgehead atoms. The van der Waals surface area contributed by atoms with E-state index in [1.807, 2.05) is 11.3 Å². The molecule has 0 spiro atoms. The van der Waals surface area contributed by atoms with Crippen molar-refractivity contribution in [3.63, 3.8) is 0 Å². The SMILES string of the molecule is CC1(C)c2ccccc2-c2cccc(N(c3ccc(-c4ccc5c(c4)-c4ccccc4C5(c4ccccc4)c4ccccc4)cc3)c3ccc(-c4cccc5c4sc4ccccc45)cc3)c21. The van der Waals surface area contributed by atoms with Crippen molar-refractivity contribution in [2.45, 2.75) is 24.7 Å².